The van der Waals surface area contributed by atoms with Crippen molar-refractivity contribution in [3.8, 4) is 5.75 Å². The predicted molar refractivity (Wildman–Crippen MR) is 120 cm³/mol. The molecular weight excluding hydrogens is 422 g/mol. The zero-order chi connectivity index (χ0) is 22.0. The van der Waals surface area contributed by atoms with Crippen molar-refractivity contribution in [3.05, 3.63) is 40.3 Å². The molecule has 0 aliphatic carbocycles. The third kappa shape index (κ3) is 4.16. The summed E-state index contributed by atoms with van der Waals surface area (Å²) in [6.07, 6.45) is 6.29. The summed E-state index contributed by atoms with van der Waals surface area (Å²) in [7, 11) is 0. The minimum atomic E-state index is -0.772. The Kier molecular flexibility index (Phi) is 5.99. The number of allylic oxidation sites excluding steroid dienone is 1. The molecule has 1 aromatic rings. The monoisotopic (exact) mass is 445 g/mol. The van der Waals surface area contributed by atoms with Crippen LogP contribution in [-0.4, -0.2) is 62.0 Å². The van der Waals surface area contributed by atoms with Crippen LogP contribution < -0.4 is 20.3 Å². The number of nitrogens with one attached hydrogen (secondary N) is 3. The number of carbonyl (C=O) groups is 1. The second-order valence-corrected chi connectivity index (χ2v) is 8.08. The van der Waals surface area contributed by atoms with Gasteiger partial charge in [0.2, 0.25) is 0 Å². The summed E-state index contributed by atoms with van der Waals surface area (Å²) in [6, 6.07) is 1.83. The molecule has 0 saturated carbocycles. The van der Waals surface area contributed by atoms with E-state index in [1.54, 1.807) is 18.5 Å². The number of anilines is 2. The molecule has 0 aromatic heterocycles. The summed E-state index contributed by atoms with van der Waals surface area (Å²) < 4.78 is 11.5. The Morgan fingerprint density at radius 1 is 1.48 bits per heavy atom. The fraction of sp³-hybridized carbons (Fsp3) is 0.381. The molecule has 1 aromatic carbocycles. The standard InChI is InChI=1S/C21H24ClN5O4/c1-21(12-28)10-13-9-15(26-20(29)14(11-23)19-24-3-2-4-25-19)17(16(22)18(13)31-21)27-5-7-30-8-6-27/h2-4,9,11,23-24,28H,5-8,10,12H2,1H3,(H,26,29)/b19-14-,23-11?/t21-/m0/s1. The highest BCUT2D eigenvalue weighted by atomic mass is 35.5. The number of halogens is 1. The van der Waals surface area contributed by atoms with Gasteiger partial charge in [-0.05, 0) is 19.1 Å². The molecule has 3 heterocycles. The second kappa shape index (κ2) is 8.70. The van der Waals surface area contributed by atoms with Crippen molar-refractivity contribution >= 4 is 41.3 Å². The number of aliphatic hydroxyl groups is 1. The predicted octanol–water partition coefficient (Wildman–Crippen LogP) is 1.85. The van der Waals surface area contributed by atoms with Crippen LogP contribution in [0.15, 0.2) is 34.7 Å². The summed E-state index contributed by atoms with van der Waals surface area (Å²) in [6.45, 7) is 3.94. The van der Waals surface area contributed by atoms with Crippen molar-refractivity contribution in [1.29, 1.82) is 5.41 Å². The number of carbonyl (C=O) groups excluding carboxylic acids is 1. The first kappa shape index (κ1) is 21.4. The highest BCUT2D eigenvalue weighted by Gasteiger charge is 2.38. The summed E-state index contributed by atoms with van der Waals surface area (Å²) in [5.74, 6) is 0.317. The molecule has 3 aliphatic heterocycles. The number of rotatable bonds is 5. The molecule has 0 radical (unpaired) electrons. The number of aliphatic hydroxyl groups excluding tert-OH is 1. The number of benzene rings is 1. The van der Waals surface area contributed by atoms with Gasteiger partial charge in [0.05, 0.1) is 36.8 Å². The number of morpholine rings is 1. The van der Waals surface area contributed by atoms with E-state index in [0.29, 0.717) is 54.9 Å². The largest absolute Gasteiger partial charge is 0.483 e. The first-order chi connectivity index (χ1) is 15.0. The number of amides is 1. The fourth-order valence-electron chi connectivity index (χ4n) is 3.78. The Hall–Kier alpha value is -2.88. The first-order valence-corrected chi connectivity index (χ1v) is 10.3. The van der Waals surface area contributed by atoms with Gasteiger partial charge >= 0.3 is 0 Å². The van der Waals surface area contributed by atoms with Gasteiger partial charge in [0.1, 0.15) is 22.2 Å². The van der Waals surface area contributed by atoms with E-state index >= 15 is 0 Å². The maximum absolute atomic E-state index is 13.1. The van der Waals surface area contributed by atoms with E-state index in [-0.39, 0.29) is 18.0 Å². The van der Waals surface area contributed by atoms with Crippen molar-refractivity contribution in [1.82, 2.24) is 5.32 Å². The Morgan fingerprint density at radius 3 is 2.90 bits per heavy atom. The second-order valence-electron chi connectivity index (χ2n) is 7.70. The van der Waals surface area contributed by atoms with Crippen LogP contribution >= 0.6 is 11.6 Å². The molecule has 4 rings (SSSR count). The molecule has 164 valence electrons. The maximum Gasteiger partial charge on any atom is 0.261 e. The minimum absolute atomic E-state index is 0.0848. The topological polar surface area (TPSA) is 119 Å². The number of aliphatic imine (C=N–C) groups is 1. The van der Waals surface area contributed by atoms with Crippen molar-refractivity contribution in [2.24, 2.45) is 4.99 Å². The van der Waals surface area contributed by atoms with E-state index in [2.05, 4.69) is 15.6 Å². The molecule has 0 spiro atoms. The van der Waals surface area contributed by atoms with Crippen molar-refractivity contribution in [2.75, 3.05) is 43.1 Å². The van der Waals surface area contributed by atoms with Gasteiger partial charge in [-0.15, -0.1) is 0 Å². The summed E-state index contributed by atoms with van der Waals surface area (Å²) in [5, 5.41) is 23.6. The molecule has 0 bridgehead atoms. The zero-order valence-corrected chi connectivity index (χ0v) is 17.8. The van der Waals surface area contributed by atoms with Gasteiger partial charge in [0.25, 0.3) is 5.91 Å². The number of ether oxygens (including phenoxy) is 2. The van der Waals surface area contributed by atoms with E-state index in [1.165, 1.54) is 0 Å². The average Bonchev–Trinajstić information content (AvgIpc) is 3.13. The molecule has 10 heteroatoms. The summed E-state index contributed by atoms with van der Waals surface area (Å²) >= 11 is 6.78. The van der Waals surface area contributed by atoms with E-state index in [9.17, 15) is 9.90 Å². The minimum Gasteiger partial charge on any atom is -0.483 e. The van der Waals surface area contributed by atoms with E-state index in [1.807, 2.05) is 17.9 Å². The van der Waals surface area contributed by atoms with E-state index in [4.69, 9.17) is 26.5 Å². The lowest BCUT2D eigenvalue weighted by atomic mass is 9.99. The molecule has 9 nitrogen and oxygen atoms in total. The molecule has 0 unspecified atom stereocenters. The Bertz CT molecular complexity index is 1000. The van der Waals surface area contributed by atoms with Gasteiger partial charge < -0.3 is 35.5 Å². The van der Waals surface area contributed by atoms with Crippen LogP contribution in [0.5, 0.6) is 5.75 Å². The molecule has 1 fully saturated rings. The molecule has 4 N–H and O–H groups in total. The van der Waals surface area contributed by atoms with Crippen molar-refractivity contribution in [2.45, 2.75) is 18.9 Å². The van der Waals surface area contributed by atoms with Crippen LogP contribution in [-0.2, 0) is 16.0 Å². The molecule has 1 atom stereocenters. The van der Waals surface area contributed by atoms with E-state index < -0.39 is 11.5 Å². The van der Waals surface area contributed by atoms with Gasteiger partial charge in [-0.2, -0.15) is 0 Å². The highest BCUT2D eigenvalue weighted by molar-refractivity contribution is 6.36. The van der Waals surface area contributed by atoms with E-state index in [0.717, 1.165) is 11.8 Å². The molecule has 1 saturated heterocycles. The Labute approximate surface area is 184 Å². The molecule has 31 heavy (non-hydrogen) atoms. The van der Waals surface area contributed by atoms with Crippen molar-refractivity contribution < 1.29 is 19.4 Å². The molecular formula is C21H24ClN5O4. The molecule has 3 aliphatic rings. The summed E-state index contributed by atoms with van der Waals surface area (Å²) in [5.41, 5.74) is 1.26. The Balaban J connectivity index is 1.74. The number of hydrogen-bond acceptors (Lipinski definition) is 8. The van der Waals surface area contributed by atoms with Gasteiger partial charge in [-0.3, -0.25) is 4.79 Å². The lowest BCUT2D eigenvalue weighted by Gasteiger charge is -2.32. The molecule has 1 amide bonds. The maximum atomic E-state index is 13.1. The summed E-state index contributed by atoms with van der Waals surface area (Å²) in [4.78, 5) is 19.2. The average molecular weight is 446 g/mol. The quantitative estimate of drug-likeness (QED) is 0.405. The number of nitrogens with zero attached hydrogens (tertiary/aromatic N) is 2. The number of fused-ring (bicyclic) bond motifs is 1. The third-order valence-corrected chi connectivity index (χ3v) is 5.70. The van der Waals surface area contributed by atoms with Gasteiger partial charge in [0, 0.05) is 43.7 Å². The SMILES string of the molecule is C[C@@]1(CO)Cc2cc(NC(=O)/C(C=N)=C3\N=CC=CN3)c(N3CCOCC3)c(Cl)c2O1. The van der Waals surface area contributed by atoms with Gasteiger partial charge in [0.15, 0.2) is 0 Å². The first-order valence-electron chi connectivity index (χ1n) is 9.95. The van der Waals surface area contributed by atoms with Crippen molar-refractivity contribution in [3.63, 3.8) is 0 Å². The fourth-order valence-corrected chi connectivity index (χ4v) is 4.17. The van der Waals surface area contributed by atoms with Crippen LogP contribution in [0.25, 0.3) is 0 Å². The Morgan fingerprint density at radius 2 is 2.26 bits per heavy atom. The lowest BCUT2D eigenvalue weighted by molar-refractivity contribution is -0.112. The third-order valence-electron chi connectivity index (χ3n) is 5.35. The van der Waals surface area contributed by atoms with Crippen LogP contribution in [0.3, 0.4) is 0 Å². The highest BCUT2D eigenvalue weighted by Crippen LogP contribution is 2.49. The van der Waals surface area contributed by atoms with Crippen LogP contribution in [0.4, 0.5) is 11.4 Å². The normalized spacial score (nSPS) is 23.6. The number of hydrogen-bond donors (Lipinski definition) is 4. The van der Waals surface area contributed by atoms with Crippen LogP contribution in [0, 0.1) is 5.41 Å². The smallest absolute Gasteiger partial charge is 0.261 e. The van der Waals surface area contributed by atoms with Gasteiger partial charge in [-0.25, -0.2) is 4.99 Å². The lowest BCUT2D eigenvalue weighted by Crippen LogP contribution is -2.37. The zero-order valence-electron chi connectivity index (χ0n) is 17.1. The van der Waals surface area contributed by atoms with Gasteiger partial charge in [-0.1, -0.05) is 11.6 Å². The van der Waals surface area contributed by atoms with Crippen LogP contribution in [0.2, 0.25) is 5.02 Å². The van der Waals surface area contributed by atoms with Crippen LogP contribution in [0.1, 0.15) is 12.5 Å².